The standard InChI is InChI=1S/C26H22F8O2/c1-2-3-4-20(27)24(31)16-7-10-19(21(28)13-16)17-6-9-18(35-14-17)8-5-15-11-22(29)25(23(30)12-15)36-26(32,33)34/h2,5,7-8,10-13,17-18H,1,3-4,6,9,14H2. The van der Waals surface area contributed by atoms with Crippen LogP contribution < -0.4 is 4.74 Å². The second-order valence-corrected chi connectivity index (χ2v) is 8.15. The number of allylic oxidation sites excluding steroid dienone is 2. The third-order valence-electron chi connectivity index (χ3n) is 5.55. The highest BCUT2D eigenvalue weighted by atomic mass is 19.4. The van der Waals surface area contributed by atoms with E-state index in [1.165, 1.54) is 30.4 Å². The molecular weight excluding hydrogens is 496 g/mol. The molecule has 0 aliphatic carbocycles. The SMILES string of the molecule is C=CCCC(F)=C(F)c1ccc(C2CCC(C=Cc3cc(F)c(OC(F)(F)F)c(F)c3)OC2)c(F)c1. The lowest BCUT2D eigenvalue weighted by Crippen LogP contribution is -2.23. The van der Waals surface area contributed by atoms with E-state index in [1.54, 1.807) is 0 Å². The van der Waals surface area contributed by atoms with Gasteiger partial charge >= 0.3 is 6.36 Å². The Kier molecular flexibility index (Phi) is 8.94. The molecule has 2 nitrogen and oxygen atoms in total. The lowest BCUT2D eigenvalue weighted by Gasteiger charge is -2.28. The summed E-state index contributed by atoms with van der Waals surface area (Å²) in [6.07, 6.45) is -0.545. The number of rotatable bonds is 8. The molecule has 1 fully saturated rings. The van der Waals surface area contributed by atoms with Gasteiger partial charge in [-0.25, -0.2) is 22.0 Å². The van der Waals surface area contributed by atoms with Gasteiger partial charge in [-0.3, -0.25) is 0 Å². The summed E-state index contributed by atoms with van der Waals surface area (Å²) < 4.78 is 116. The van der Waals surface area contributed by atoms with Gasteiger partial charge in [0, 0.05) is 17.9 Å². The van der Waals surface area contributed by atoms with Gasteiger partial charge in [-0.1, -0.05) is 30.4 Å². The molecule has 0 saturated carbocycles. The lowest BCUT2D eigenvalue weighted by atomic mass is 9.90. The van der Waals surface area contributed by atoms with Gasteiger partial charge in [-0.2, -0.15) is 0 Å². The van der Waals surface area contributed by atoms with Crippen molar-refractivity contribution in [3.63, 3.8) is 0 Å². The second-order valence-electron chi connectivity index (χ2n) is 8.15. The molecule has 0 spiro atoms. The van der Waals surface area contributed by atoms with Gasteiger partial charge in [0.15, 0.2) is 17.5 Å². The van der Waals surface area contributed by atoms with E-state index in [9.17, 15) is 35.1 Å². The number of ether oxygens (including phenoxy) is 2. The summed E-state index contributed by atoms with van der Waals surface area (Å²) in [5, 5.41) is 0. The van der Waals surface area contributed by atoms with Gasteiger partial charge in [0.05, 0.1) is 12.7 Å². The molecule has 1 saturated heterocycles. The van der Waals surface area contributed by atoms with Gasteiger partial charge in [0.25, 0.3) is 0 Å². The molecule has 3 rings (SSSR count). The lowest BCUT2D eigenvalue weighted by molar-refractivity contribution is -0.276. The van der Waals surface area contributed by atoms with Gasteiger partial charge in [-0.15, -0.1) is 19.8 Å². The zero-order valence-corrected chi connectivity index (χ0v) is 18.9. The Morgan fingerprint density at radius 2 is 1.72 bits per heavy atom. The number of hydrogen-bond acceptors (Lipinski definition) is 2. The fourth-order valence-electron chi connectivity index (χ4n) is 3.77. The molecule has 2 atom stereocenters. The van der Waals surface area contributed by atoms with Crippen LogP contribution in [0.15, 0.2) is 54.9 Å². The molecule has 1 aliphatic heterocycles. The van der Waals surface area contributed by atoms with Crippen molar-refractivity contribution in [2.45, 2.75) is 44.1 Å². The van der Waals surface area contributed by atoms with Crippen LogP contribution in [0, 0.1) is 17.5 Å². The van der Waals surface area contributed by atoms with Crippen LogP contribution in [0.25, 0.3) is 11.9 Å². The highest BCUT2D eigenvalue weighted by molar-refractivity contribution is 5.61. The predicted molar refractivity (Wildman–Crippen MR) is 119 cm³/mol. The normalized spacial score (nSPS) is 19.3. The van der Waals surface area contributed by atoms with Crippen molar-refractivity contribution in [1.29, 1.82) is 0 Å². The minimum atomic E-state index is -5.24. The van der Waals surface area contributed by atoms with E-state index in [-0.39, 0.29) is 42.1 Å². The molecule has 36 heavy (non-hydrogen) atoms. The number of alkyl halides is 3. The molecule has 2 unspecified atom stereocenters. The largest absolute Gasteiger partial charge is 0.573 e. The van der Waals surface area contributed by atoms with Gasteiger partial charge in [0.2, 0.25) is 5.75 Å². The molecule has 0 bridgehead atoms. The minimum Gasteiger partial charge on any atom is -0.399 e. The molecular formula is C26H22F8O2. The van der Waals surface area contributed by atoms with Crippen LogP contribution in [0.5, 0.6) is 5.75 Å². The Morgan fingerprint density at radius 1 is 1.03 bits per heavy atom. The fourth-order valence-corrected chi connectivity index (χ4v) is 3.77. The molecule has 0 amide bonds. The molecule has 10 heteroatoms. The van der Waals surface area contributed by atoms with Crippen molar-refractivity contribution >= 4 is 11.9 Å². The van der Waals surface area contributed by atoms with E-state index in [0.717, 1.165) is 6.07 Å². The first kappa shape index (κ1) is 27.4. The summed E-state index contributed by atoms with van der Waals surface area (Å²) >= 11 is 0. The molecule has 1 aliphatic rings. The first-order chi connectivity index (χ1) is 17.0. The van der Waals surface area contributed by atoms with Crippen LogP contribution in [0.1, 0.15) is 48.3 Å². The number of halogens is 8. The Morgan fingerprint density at radius 3 is 2.28 bits per heavy atom. The Labute approximate surface area is 202 Å². The van der Waals surface area contributed by atoms with E-state index in [0.29, 0.717) is 25.0 Å². The maximum Gasteiger partial charge on any atom is 0.573 e. The maximum absolute atomic E-state index is 14.6. The highest BCUT2D eigenvalue weighted by Gasteiger charge is 2.34. The monoisotopic (exact) mass is 518 g/mol. The molecule has 194 valence electrons. The third-order valence-corrected chi connectivity index (χ3v) is 5.55. The zero-order valence-electron chi connectivity index (χ0n) is 18.9. The summed E-state index contributed by atoms with van der Waals surface area (Å²) in [4.78, 5) is 0. The first-order valence-electron chi connectivity index (χ1n) is 11.0. The summed E-state index contributed by atoms with van der Waals surface area (Å²) in [5.41, 5.74) is 0.0358. The maximum atomic E-state index is 14.6. The number of hydrogen-bond donors (Lipinski definition) is 0. The Bertz CT molecular complexity index is 1120. The highest BCUT2D eigenvalue weighted by Crippen LogP contribution is 2.34. The van der Waals surface area contributed by atoms with Crippen molar-refractivity contribution in [1.82, 2.24) is 0 Å². The van der Waals surface area contributed by atoms with Crippen LogP contribution >= 0.6 is 0 Å². The second kappa shape index (κ2) is 11.7. The fraction of sp³-hybridized carbons (Fsp3) is 0.308. The molecule has 2 aromatic rings. The van der Waals surface area contributed by atoms with Crippen LogP contribution in [-0.2, 0) is 4.74 Å². The zero-order chi connectivity index (χ0) is 26.5. The molecule has 0 N–H and O–H groups in total. The van der Waals surface area contributed by atoms with Gasteiger partial charge in [0.1, 0.15) is 11.6 Å². The quantitative estimate of drug-likeness (QED) is 0.258. The molecule has 2 aromatic carbocycles. The van der Waals surface area contributed by atoms with Crippen molar-refractivity contribution in [3.05, 3.63) is 89.0 Å². The number of benzene rings is 2. The minimum absolute atomic E-state index is 0.0396. The van der Waals surface area contributed by atoms with Gasteiger partial charge < -0.3 is 9.47 Å². The average Bonchev–Trinajstić information content (AvgIpc) is 2.82. The van der Waals surface area contributed by atoms with Crippen molar-refractivity contribution < 1.29 is 44.6 Å². The molecule has 1 heterocycles. The summed E-state index contributed by atoms with van der Waals surface area (Å²) in [6, 6.07) is 4.99. The topological polar surface area (TPSA) is 18.5 Å². The van der Waals surface area contributed by atoms with Crippen LogP contribution in [-0.4, -0.2) is 19.1 Å². The van der Waals surface area contributed by atoms with E-state index in [4.69, 9.17) is 4.74 Å². The Hall–Kier alpha value is -3.14. The predicted octanol–water partition coefficient (Wildman–Crippen LogP) is 8.55. The van der Waals surface area contributed by atoms with Crippen LogP contribution in [0.2, 0.25) is 0 Å². The van der Waals surface area contributed by atoms with Crippen LogP contribution in [0.4, 0.5) is 35.1 Å². The van der Waals surface area contributed by atoms with Crippen molar-refractivity contribution in [2.75, 3.05) is 6.61 Å². The smallest absolute Gasteiger partial charge is 0.399 e. The summed E-state index contributed by atoms with van der Waals surface area (Å²) in [6.45, 7) is 3.53. The first-order valence-corrected chi connectivity index (χ1v) is 11.0. The molecule has 0 aromatic heterocycles. The van der Waals surface area contributed by atoms with E-state index in [2.05, 4.69) is 11.3 Å². The van der Waals surface area contributed by atoms with Crippen molar-refractivity contribution in [3.8, 4) is 5.75 Å². The average molecular weight is 518 g/mol. The summed E-state index contributed by atoms with van der Waals surface area (Å²) in [7, 11) is 0. The molecule has 0 radical (unpaired) electrons. The Balaban J connectivity index is 1.62. The van der Waals surface area contributed by atoms with E-state index in [1.807, 2.05) is 0 Å². The van der Waals surface area contributed by atoms with E-state index >= 15 is 0 Å². The van der Waals surface area contributed by atoms with Crippen molar-refractivity contribution in [2.24, 2.45) is 0 Å². The summed E-state index contributed by atoms with van der Waals surface area (Å²) in [5.74, 6) is -7.73. The van der Waals surface area contributed by atoms with Gasteiger partial charge in [-0.05, 0) is 48.6 Å². The van der Waals surface area contributed by atoms with E-state index < -0.39 is 47.3 Å². The third kappa shape index (κ3) is 7.19. The van der Waals surface area contributed by atoms with Crippen LogP contribution in [0.3, 0.4) is 0 Å².